The molecule has 3 rings (SSSR count). The lowest BCUT2D eigenvalue weighted by Crippen LogP contribution is -2.31. The van der Waals surface area contributed by atoms with Crippen LogP contribution >= 0.6 is 0 Å². The number of oxazole rings is 1. The molecule has 28 heavy (non-hydrogen) atoms. The molecule has 0 saturated heterocycles. The fourth-order valence-electron chi connectivity index (χ4n) is 2.93. The van der Waals surface area contributed by atoms with Gasteiger partial charge < -0.3 is 14.5 Å². The van der Waals surface area contributed by atoms with Gasteiger partial charge in [0.05, 0.1) is 11.6 Å². The second-order valence-electron chi connectivity index (χ2n) is 6.45. The Morgan fingerprint density at radius 2 is 1.82 bits per heavy atom. The zero-order valence-electron chi connectivity index (χ0n) is 15.6. The number of amides is 1. The Morgan fingerprint density at radius 3 is 2.61 bits per heavy atom. The predicted octanol–water partition coefficient (Wildman–Crippen LogP) is 2.80. The van der Waals surface area contributed by atoms with E-state index in [1.807, 2.05) is 43.3 Å². The fraction of sp³-hybridized carbons (Fsp3) is 0.286. The summed E-state index contributed by atoms with van der Waals surface area (Å²) >= 11 is 0. The van der Waals surface area contributed by atoms with Crippen LogP contribution < -0.4 is 11.1 Å². The molecule has 1 N–H and O–H groups in total. The third kappa shape index (κ3) is 4.88. The van der Waals surface area contributed by atoms with Crippen molar-refractivity contribution in [1.82, 2.24) is 9.88 Å². The molecule has 7 nitrogen and oxygen atoms in total. The van der Waals surface area contributed by atoms with Gasteiger partial charge in [-0.05, 0) is 31.0 Å². The summed E-state index contributed by atoms with van der Waals surface area (Å²) in [7, 11) is 0. The van der Waals surface area contributed by atoms with Gasteiger partial charge in [-0.2, -0.15) is 0 Å². The number of nitrogens with zero attached hydrogens (tertiary/aromatic N) is 1. The number of ether oxygens (including phenoxy) is 1. The van der Waals surface area contributed by atoms with Gasteiger partial charge in [0, 0.05) is 13.0 Å². The van der Waals surface area contributed by atoms with E-state index < -0.39 is 11.7 Å². The minimum absolute atomic E-state index is 0.105. The first-order chi connectivity index (χ1) is 13.5. The van der Waals surface area contributed by atoms with Crippen LogP contribution in [0.15, 0.2) is 63.8 Å². The molecule has 0 bridgehead atoms. The average Bonchev–Trinajstić information content (AvgIpc) is 3.02. The number of aromatic nitrogens is 1. The molecule has 0 saturated carbocycles. The summed E-state index contributed by atoms with van der Waals surface area (Å²) in [5.41, 5.74) is 2.18. The summed E-state index contributed by atoms with van der Waals surface area (Å²) in [5.74, 6) is -1.30. The van der Waals surface area contributed by atoms with Crippen molar-refractivity contribution in [3.05, 3.63) is 70.7 Å². The Hall–Kier alpha value is -3.35. The van der Waals surface area contributed by atoms with Crippen LogP contribution in [0.5, 0.6) is 0 Å². The van der Waals surface area contributed by atoms with Gasteiger partial charge in [-0.15, -0.1) is 0 Å². The van der Waals surface area contributed by atoms with Crippen molar-refractivity contribution < 1.29 is 18.7 Å². The molecular weight excluding hydrogens is 360 g/mol. The Kier molecular flexibility index (Phi) is 6.26. The molecule has 1 heterocycles. The van der Waals surface area contributed by atoms with E-state index in [1.165, 1.54) is 4.57 Å². The molecule has 1 atom stereocenters. The summed E-state index contributed by atoms with van der Waals surface area (Å²) in [6, 6.07) is 16.5. The molecule has 0 aliphatic rings. The molecule has 1 unspecified atom stereocenters. The van der Waals surface area contributed by atoms with Crippen molar-refractivity contribution >= 4 is 23.0 Å². The summed E-state index contributed by atoms with van der Waals surface area (Å²) < 4.78 is 11.6. The van der Waals surface area contributed by atoms with Crippen molar-refractivity contribution in [1.29, 1.82) is 0 Å². The number of carbonyl (C=O) groups excluding carboxylic acids is 2. The Balaban J connectivity index is 1.41. The molecule has 0 aliphatic heterocycles. The fourth-order valence-corrected chi connectivity index (χ4v) is 2.93. The summed E-state index contributed by atoms with van der Waals surface area (Å²) in [5, 5.41) is 2.78. The van der Waals surface area contributed by atoms with E-state index in [0.717, 1.165) is 5.56 Å². The lowest BCUT2D eigenvalue weighted by Gasteiger charge is -2.14. The predicted molar refractivity (Wildman–Crippen MR) is 104 cm³/mol. The highest BCUT2D eigenvalue weighted by Crippen LogP contribution is 2.13. The Morgan fingerprint density at radius 1 is 1.11 bits per heavy atom. The van der Waals surface area contributed by atoms with Crippen LogP contribution in [0.25, 0.3) is 11.1 Å². The molecule has 0 aliphatic carbocycles. The maximum Gasteiger partial charge on any atom is 0.419 e. The first-order valence-corrected chi connectivity index (χ1v) is 9.13. The highest BCUT2D eigenvalue weighted by Gasteiger charge is 2.13. The first kappa shape index (κ1) is 19.4. The van der Waals surface area contributed by atoms with E-state index >= 15 is 0 Å². The first-order valence-electron chi connectivity index (χ1n) is 9.13. The minimum Gasteiger partial charge on any atom is -0.456 e. The van der Waals surface area contributed by atoms with Crippen LogP contribution in [-0.2, 0) is 20.9 Å². The van der Waals surface area contributed by atoms with Gasteiger partial charge in [0.1, 0.15) is 0 Å². The monoisotopic (exact) mass is 382 g/mol. The number of hydrogen-bond donors (Lipinski definition) is 1. The van der Waals surface area contributed by atoms with Crippen LogP contribution in [0, 0.1) is 0 Å². The molecule has 1 amide bonds. The number of nitrogens with one attached hydrogen (secondary N) is 1. The summed E-state index contributed by atoms with van der Waals surface area (Å²) in [6.07, 6.45) is 0.512. The normalized spacial score (nSPS) is 11.9. The maximum atomic E-state index is 11.9. The van der Waals surface area contributed by atoms with Gasteiger partial charge in [0.2, 0.25) is 0 Å². The lowest BCUT2D eigenvalue weighted by atomic mass is 10.1. The Bertz CT molecular complexity index is 1010. The largest absolute Gasteiger partial charge is 0.456 e. The average molecular weight is 382 g/mol. The number of para-hydroxylation sites is 2. The standard InChI is InChI=1S/C21H22N2O5/c1-15(16-8-3-2-4-9-16)22-19(24)14-27-20(25)12-7-13-23-17-10-5-6-11-18(17)28-21(23)26/h2-6,8-11,15H,7,12-14H2,1H3,(H,22,24). The molecule has 7 heteroatoms. The van der Waals surface area contributed by atoms with Crippen molar-refractivity contribution in [3.63, 3.8) is 0 Å². The third-order valence-corrected chi connectivity index (χ3v) is 4.38. The molecular formula is C21H22N2O5. The maximum absolute atomic E-state index is 11.9. The van der Waals surface area contributed by atoms with Gasteiger partial charge in [0.25, 0.3) is 5.91 Å². The van der Waals surface area contributed by atoms with Gasteiger partial charge in [-0.1, -0.05) is 42.5 Å². The number of esters is 1. The second-order valence-corrected chi connectivity index (χ2v) is 6.45. The van der Waals surface area contributed by atoms with Crippen molar-refractivity contribution in [2.24, 2.45) is 0 Å². The van der Waals surface area contributed by atoms with Crippen LogP contribution in [0.3, 0.4) is 0 Å². The molecule has 0 spiro atoms. The van der Waals surface area contributed by atoms with Crippen molar-refractivity contribution in [2.45, 2.75) is 32.4 Å². The number of fused-ring (bicyclic) bond motifs is 1. The number of benzene rings is 2. The van der Waals surface area contributed by atoms with Gasteiger partial charge >= 0.3 is 11.7 Å². The van der Waals surface area contributed by atoms with Crippen LogP contribution in [-0.4, -0.2) is 23.1 Å². The van der Waals surface area contributed by atoms with Gasteiger partial charge in [-0.3, -0.25) is 14.2 Å². The van der Waals surface area contributed by atoms with Crippen molar-refractivity contribution in [2.75, 3.05) is 6.61 Å². The van der Waals surface area contributed by atoms with Crippen LogP contribution in [0.2, 0.25) is 0 Å². The second kappa shape index (κ2) is 9.03. The number of aryl methyl sites for hydroxylation is 1. The number of rotatable bonds is 8. The van der Waals surface area contributed by atoms with Gasteiger partial charge in [-0.25, -0.2) is 4.79 Å². The van der Waals surface area contributed by atoms with E-state index in [1.54, 1.807) is 18.2 Å². The SMILES string of the molecule is CC(NC(=O)COC(=O)CCCn1c(=O)oc2ccccc21)c1ccccc1. The molecule has 3 aromatic rings. The van der Waals surface area contributed by atoms with Crippen molar-refractivity contribution in [3.8, 4) is 0 Å². The third-order valence-electron chi connectivity index (χ3n) is 4.38. The molecule has 0 radical (unpaired) electrons. The molecule has 0 fully saturated rings. The lowest BCUT2D eigenvalue weighted by molar-refractivity contribution is -0.148. The molecule has 146 valence electrons. The number of carbonyl (C=O) groups is 2. The summed E-state index contributed by atoms with van der Waals surface area (Å²) in [4.78, 5) is 35.7. The van der Waals surface area contributed by atoms with E-state index in [4.69, 9.17) is 9.15 Å². The zero-order valence-corrected chi connectivity index (χ0v) is 15.6. The smallest absolute Gasteiger partial charge is 0.419 e. The van der Waals surface area contributed by atoms with E-state index in [9.17, 15) is 14.4 Å². The zero-order chi connectivity index (χ0) is 19.9. The Labute approximate surface area is 161 Å². The highest BCUT2D eigenvalue weighted by molar-refractivity contribution is 5.80. The molecule has 2 aromatic carbocycles. The van der Waals surface area contributed by atoms with E-state index in [-0.39, 0.29) is 25.0 Å². The number of hydrogen-bond acceptors (Lipinski definition) is 5. The summed E-state index contributed by atoms with van der Waals surface area (Å²) in [6.45, 7) is 1.87. The van der Waals surface area contributed by atoms with Crippen LogP contribution in [0.4, 0.5) is 0 Å². The topological polar surface area (TPSA) is 90.5 Å². The van der Waals surface area contributed by atoms with E-state index in [2.05, 4.69) is 5.32 Å². The van der Waals surface area contributed by atoms with E-state index in [0.29, 0.717) is 24.1 Å². The minimum atomic E-state index is -0.483. The quantitative estimate of drug-likeness (QED) is 0.605. The molecule has 1 aromatic heterocycles. The van der Waals surface area contributed by atoms with Gasteiger partial charge in [0.15, 0.2) is 12.2 Å². The highest BCUT2D eigenvalue weighted by atomic mass is 16.5. The van der Waals surface area contributed by atoms with Crippen LogP contribution in [0.1, 0.15) is 31.4 Å².